The summed E-state index contributed by atoms with van der Waals surface area (Å²) in [6, 6.07) is 2.04. The van der Waals surface area contributed by atoms with Crippen molar-refractivity contribution in [3.8, 4) is 6.07 Å². The Morgan fingerprint density at radius 3 is 2.57 bits per heavy atom. The average molecular weight is 293 g/mol. The van der Waals surface area contributed by atoms with E-state index in [1.165, 1.54) is 0 Å². The zero-order valence-electron chi connectivity index (χ0n) is 13.2. The lowest BCUT2D eigenvalue weighted by atomic mass is 10.2. The fourth-order valence-corrected chi connectivity index (χ4v) is 2.35. The molecule has 0 radical (unpaired) electrons. The van der Waals surface area contributed by atoms with Gasteiger partial charge < -0.3 is 15.5 Å². The summed E-state index contributed by atoms with van der Waals surface area (Å²) in [5.74, 6) is -0.159. The Balaban J connectivity index is 2.56. The van der Waals surface area contributed by atoms with Crippen molar-refractivity contribution in [2.45, 2.75) is 19.8 Å². The van der Waals surface area contributed by atoms with Crippen molar-refractivity contribution < 1.29 is 4.79 Å². The van der Waals surface area contributed by atoms with Crippen molar-refractivity contribution in [3.63, 3.8) is 0 Å². The first-order valence-corrected chi connectivity index (χ1v) is 7.66. The summed E-state index contributed by atoms with van der Waals surface area (Å²) in [6.07, 6.45) is 3.82. The van der Waals surface area contributed by atoms with E-state index < -0.39 is 0 Å². The largest absolute Gasteiger partial charge is 0.379 e. The Bertz CT molecular complexity index is 393. The Morgan fingerprint density at radius 1 is 1.38 bits per heavy atom. The number of rotatable bonds is 7. The minimum atomic E-state index is -0.159. The molecule has 0 aromatic rings. The predicted molar refractivity (Wildman–Crippen MR) is 83.3 cm³/mol. The van der Waals surface area contributed by atoms with Crippen molar-refractivity contribution in [2.24, 2.45) is 5.73 Å². The molecule has 1 rings (SSSR count). The molecule has 2 N–H and O–H groups in total. The van der Waals surface area contributed by atoms with Crippen LogP contribution in [0.1, 0.15) is 19.8 Å². The van der Waals surface area contributed by atoms with E-state index in [9.17, 15) is 10.1 Å². The molecule has 1 fully saturated rings. The fourth-order valence-electron chi connectivity index (χ4n) is 2.35. The molecule has 118 valence electrons. The topological polar surface area (TPSA) is 76.6 Å². The third kappa shape index (κ3) is 5.74. The second kappa shape index (κ2) is 9.37. The van der Waals surface area contributed by atoms with Gasteiger partial charge in [0.1, 0.15) is 11.6 Å². The summed E-state index contributed by atoms with van der Waals surface area (Å²) in [7, 11) is 1.90. The summed E-state index contributed by atoms with van der Waals surface area (Å²) in [4.78, 5) is 18.3. The van der Waals surface area contributed by atoms with Crippen molar-refractivity contribution in [1.82, 2.24) is 14.7 Å². The SMILES string of the molecule is CCCCN(C)/C=C(/C#N)C(=O)N1CCN(CCN)CC1. The minimum absolute atomic E-state index is 0.159. The number of carbonyl (C=O) groups excluding carboxylic acids is 1. The van der Waals surface area contributed by atoms with Gasteiger partial charge in [-0.3, -0.25) is 9.69 Å². The van der Waals surface area contributed by atoms with Crippen LogP contribution in [0.5, 0.6) is 0 Å². The van der Waals surface area contributed by atoms with Gasteiger partial charge in [-0.15, -0.1) is 0 Å². The monoisotopic (exact) mass is 293 g/mol. The van der Waals surface area contributed by atoms with Crippen LogP contribution in [-0.2, 0) is 4.79 Å². The molecule has 0 bridgehead atoms. The summed E-state index contributed by atoms with van der Waals surface area (Å²) < 4.78 is 0. The van der Waals surface area contributed by atoms with Gasteiger partial charge in [-0.1, -0.05) is 13.3 Å². The van der Waals surface area contributed by atoms with Crippen LogP contribution in [0, 0.1) is 11.3 Å². The van der Waals surface area contributed by atoms with Crippen molar-refractivity contribution in [3.05, 3.63) is 11.8 Å². The van der Waals surface area contributed by atoms with Crippen molar-refractivity contribution in [1.29, 1.82) is 5.26 Å². The van der Waals surface area contributed by atoms with Crippen molar-refractivity contribution in [2.75, 3.05) is 52.9 Å². The number of hydrogen-bond acceptors (Lipinski definition) is 5. The lowest BCUT2D eigenvalue weighted by Crippen LogP contribution is -2.50. The van der Waals surface area contributed by atoms with E-state index in [1.54, 1.807) is 11.1 Å². The standard InChI is InChI=1S/C15H27N5O/c1-3-4-6-18(2)13-14(12-17)15(21)20-10-8-19(7-5-16)9-11-20/h13H,3-11,16H2,1-2H3/b14-13-. The first kappa shape index (κ1) is 17.5. The summed E-state index contributed by atoms with van der Waals surface area (Å²) in [6.45, 7) is 7.46. The van der Waals surface area contributed by atoms with E-state index in [-0.39, 0.29) is 11.5 Å². The highest BCUT2D eigenvalue weighted by atomic mass is 16.2. The lowest BCUT2D eigenvalue weighted by Gasteiger charge is -2.34. The van der Waals surface area contributed by atoms with Crippen molar-refractivity contribution >= 4 is 5.91 Å². The number of hydrogen-bond donors (Lipinski definition) is 1. The predicted octanol–water partition coefficient (Wildman–Crippen LogP) is 0.229. The molecule has 1 saturated heterocycles. The van der Waals surface area contributed by atoms with Crippen LogP contribution in [-0.4, -0.2) is 73.5 Å². The van der Waals surface area contributed by atoms with Crippen LogP contribution < -0.4 is 5.73 Å². The maximum atomic E-state index is 12.4. The molecule has 0 atom stereocenters. The van der Waals surface area contributed by atoms with Gasteiger partial charge in [-0.25, -0.2) is 0 Å². The van der Waals surface area contributed by atoms with E-state index in [0.29, 0.717) is 19.6 Å². The molecule has 21 heavy (non-hydrogen) atoms. The van der Waals surface area contributed by atoms with E-state index in [2.05, 4.69) is 11.8 Å². The van der Waals surface area contributed by atoms with Crippen LogP contribution >= 0.6 is 0 Å². The number of unbranched alkanes of at least 4 members (excludes halogenated alkanes) is 1. The molecule has 1 heterocycles. The van der Waals surface area contributed by atoms with Crippen LogP contribution in [0.4, 0.5) is 0 Å². The smallest absolute Gasteiger partial charge is 0.266 e. The molecule has 0 aromatic carbocycles. The summed E-state index contributed by atoms with van der Waals surface area (Å²) >= 11 is 0. The van der Waals surface area contributed by atoms with E-state index in [1.807, 2.05) is 18.0 Å². The highest BCUT2D eigenvalue weighted by molar-refractivity contribution is 5.97. The molecule has 0 aliphatic carbocycles. The van der Waals surface area contributed by atoms with Crippen LogP contribution in [0.15, 0.2) is 11.8 Å². The fraction of sp³-hybridized carbons (Fsp3) is 0.733. The van der Waals surface area contributed by atoms with E-state index in [4.69, 9.17) is 5.73 Å². The number of nitrogens with two attached hydrogens (primary N) is 1. The molecule has 6 nitrogen and oxygen atoms in total. The van der Waals surface area contributed by atoms with Gasteiger partial charge in [0.25, 0.3) is 5.91 Å². The average Bonchev–Trinajstić information content (AvgIpc) is 2.51. The number of carbonyl (C=O) groups is 1. The molecule has 0 unspecified atom stereocenters. The van der Waals surface area contributed by atoms with Gasteiger partial charge in [0.2, 0.25) is 0 Å². The number of amides is 1. The van der Waals surface area contributed by atoms with Gasteiger partial charge in [0.05, 0.1) is 0 Å². The van der Waals surface area contributed by atoms with Gasteiger partial charge in [-0.2, -0.15) is 5.26 Å². The third-order valence-corrected chi connectivity index (χ3v) is 3.67. The lowest BCUT2D eigenvalue weighted by molar-refractivity contribution is -0.128. The van der Waals surface area contributed by atoms with Gasteiger partial charge in [0, 0.05) is 59.1 Å². The quantitative estimate of drug-likeness (QED) is 0.537. The molecule has 1 amide bonds. The second-order valence-electron chi connectivity index (χ2n) is 5.41. The molecule has 0 aromatic heterocycles. The molecule has 0 saturated carbocycles. The summed E-state index contributed by atoms with van der Waals surface area (Å²) in [5.41, 5.74) is 5.76. The number of nitriles is 1. The summed E-state index contributed by atoms with van der Waals surface area (Å²) in [5, 5.41) is 9.22. The zero-order chi connectivity index (χ0) is 15.7. The second-order valence-corrected chi connectivity index (χ2v) is 5.41. The van der Waals surface area contributed by atoms with Gasteiger partial charge >= 0.3 is 0 Å². The van der Waals surface area contributed by atoms with Gasteiger partial charge in [0.15, 0.2) is 0 Å². The van der Waals surface area contributed by atoms with Gasteiger partial charge in [-0.05, 0) is 6.42 Å². The number of piperazine rings is 1. The Hall–Kier alpha value is -1.58. The van der Waals surface area contributed by atoms with E-state index in [0.717, 1.165) is 39.0 Å². The zero-order valence-corrected chi connectivity index (χ0v) is 13.2. The first-order chi connectivity index (χ1) is 10.1. The van der Waals surface area contributed by atoms with Crippen LogP contribution in [0.2, 0.25) is 0 Å². The molecule has 6 heteroatoms. The molecule has 1 aliphatic heterocycles. The maximum absolute atomic E-state index is 12.4. The molecule has 0 spiro atoms. The number of nitrogens with zero attached hydrogens (tertiary/aromatic N) is 4. The van der Waals surface area contributed by atoms with E-state index >= 15 is 0 Å². The molecule has 1 aliphatic rings. The third-order valence-electron chi connectivity index (χ3n) is 3.67. The van der Waals surface area contributed by atoms with Crippen LogP contribution in [0.3, 0.4) is 0 Å². The molecular weight excluding hydrogens is 266 g/mol. The minimum Gasteiger partial charge on any atom is -0.379 e. The Labute approximate surface area is 127 Å². The Morgan fingerprint density at radius 2 is 2.05 bits per heavy atom. The Kier molecular flexibility index (Phi) is 7.80. The van der Waals surface area contributed by atoms with Crippen LogP contribution in [0.25, 0.3) is 0 Å². The molecular formula is C15H27N5O. The highest BCUT2D eigenvalue weighted by Gasteiger charge is 2.23. The normalized spacial score (nSPS) is 16.7. The maximum Gasteiger partial charge on any atom is 0.266 e. The highest BCUT2D eigenvalue weighted by Crippen LogP contribution is 2.08. The first-order valence-electron chi connectivity index (χ1n) is 7.66.